The Morgan fingerprint density at radius 2 is 1.97 bits per heavy atom. The molecule has 0 bridgehead atoms. The molecule has 30 heavy (non-hydrogen) atoms. The topological polar surface area (TPSA) is 55.9 Å². The van der Waals surface area contributed by atoms with Crippen molar-refractivity contribution in [3.8, 4) is 5.75 Å². The number of thioether (sulfide) groups is 1. The number of aromatic hydroxyl groups is 1. The molecule has 2 N–H and O–H groups in total. The Morgan fingerprint density at radius 1 is 1.30 bits per heavy atom. The quantitative estimate of drug-likeness (QED) is 0.364. The van der Waals surface area contributed by atoms with E-state index in [4.69, 9.17) is 16.3 Å². The van der Waals surface area contributed by atoms with Gasteiger partial charge in [0.15, 0.2) is 0 Å². The number of rotatable bonds is 7. The van der Waals surface area contributed by atoms with E-state index in [-0.39, 0.29) is 18.3 Å². The van der Waals surface area contributed by atoms with Crippen LogP contribution < -0.4 is 4.90 Å². The smallest absolute Gasteiger partial charge is 0.340 e. The van der Waals surface area contributed by atoms with Crippen LogP contribution in [0.3, 0.4) is 0 Å². The van der Waals surface area contributed by atoms with Gasteiger partial charge in [0, 0.05) is 33.8 Å². The normalized spacial score (nSPS) is 11.4. The summed E-state index contributed by atoms with van der Waals surface area (Å²) < 4.78 is 8.04. The largest absolute Gasteiger partial charge is 0.506 e. The van der Waals surface area contributed by atoms with E-state index >= 15 is 0 Å². The number of aryl methyl sites for hydroxylation is 1. The Balaban J connectivity index is 2.19. The number of phenolic OH excluding ortho intramolecular Hbond substituents is 1. The molecule has 0 radical (unpaired) electrons. The van der Waals surface area contributed by atoms with E-state index in [2.05, 4.69) is 15.9 Å². The molecule has 0 amide bonds. The van der Waals surface area contributed by atoms with Crippen molar-refractivity contribution in [1.29, 1.82) is 0 Å². The summed E-state index contributed by atoms with van der Waals surface area (Å²) in [5, 5.41) is 12.2. The summed E-state index contributed by atoms with van der Waals surface area (Å²) in [6, 6.07) is 9.49. The third kappa shape index (κ3) is 4.64. The van der Waals surface area contributed by atoms with Crippen LogP contribution in [0.1, 0.15) is 28.5 Å². The van der Waals surface area contributed by atoms with Gasteiger partial charge in [-0.05, 0) is 53.2 Å². The second-order valence-corrected chi connectivity index (χ2v) is 9.65. The molecule has 0 aliphatic rings. The number of hydrogen-bond acceptors (Lipinski definition) is 4. The first-order valence-electron chi connectivity index (χ1n) is 9.60. The minimum atomic E-state index is -0.369. The monoisotopic (exact) mass is 511 g/mol. The molecule has 1 heterocycles. The number of nitrogens with zero attached hydrogens (tertiary/aromatic N) is 1. The Labute approximate surface area is 194 Å². The summed E-state index contributed by atoms with van der Waals surface area (Å²) in [6.07, 6.45) is 0. The average Bonchev–Trinajstić information content (AvgIpc) is 2.96. The van der Waals surface area contributed by atoms with Gasteiger partial charge >= 0.3 is 5.97 Å². The summed E-state index contributed by atoms with van der Waals surface area (Å²) in [5.41, 5.74) is 3.00. The number of quaternary nitrogens is 1. The van der Waals surface area contributed by atoms with Crippen LogP contribution in [0.2, 0.25) is 5.02 Å². The fourth-order valence-corrected chi connectivity index (χ4v) is 5.03. The second-order valence-electron chi connectivity index (χ2n) is 7.31. The standard InChI is InChI=1S/C22H24BrClN2O3S/c1-5-29-22(28)20-18(12-30-14-8-6-13(24)7-9-14)26(4)17-10-16(23)21(27)15(19(17)20)11-25(2)3/h6-10,27H,5,11-12H2,1-4H3/p+1. The van der Waals surface area contributed by atoms with Gasteiger partial charge in [0.25, 0.3) is 0 Å². The van der Waals surface area contributed by atoms with Gasteiger partial charge in [-0.25, -0.2) is 4.79 Å². The molecular weight excluding hydrogens is 488 g/mol. The molecule has 5 nitrogen and oxygen atoms in total. The minimum absolute atomic E-state index is 0.164. The van der Waals surface area contributed by atoms with E-state index in [1.165, 1.54) is 0 Å². The molecule has 2 aromatic carbocycles. The lowest BCUT2D eigenvalue weighted by Gasteiger charge is -2.13. The molecule has 0 saturated carbocycles. The zero-order valence-corrected chi connectivity index (χ0v) is 20.5. The molecule has 0 saturated heterocycles. The predicted molar refractivity (Wildman–Crippen MR) is 126 cm³/mol. The molecule has 0 atom stereocenters. The van der Waals surface area contributed by atoms with Crippen LogP contribution in [-0.4, -0.2) is 36.3 Å². The van der Waals surface area contributed by atoms with Crippen molar-refractivity contribution in [1.82, 2.24) is 4.57 Å². The van der Waals surface area contributed by atoms with Gasteiger partial charge in [0.05, 0.1) is 41.8 Å². The van der Waals surface area contributed by atoms with Gasteiger partial charge in [-0.15, -0.1) is 11.8 Å². The van der Waals surface area contributed by atoms with Crippen LogP contribution in [0.15, 0.2) is 39.7 Å². The molecule has 8 heteroatoms. The van der Waals surface area contributed by atoms with E-state index in [9.17, 15) is 9.90 Å². The van der Waals surface area contributed by atoms with Crippen molar-refractivity contribution in [2.45, 2.75) is 24.1 Å². The number of nitrogens with one attached hydrogen (secondary N) is 1. The van der Waals surface area contributed by atoms with Crippen molar-refractivity contribution in [3.63, 3.8) is 0 Å². The van der Waals surface area contributed by atoms with Crippen molar-refractivity contribution >= 4 is 56.2 Å². The number of phenols is 1. The zero-order valence-electron chi connectivity index (χ0n) is 17.4. The van der Waals surface area contributed by atoms with Gasteiger partial charge in [-0.1, -0.05) is 11.6 Å². The number of hydrogen-bond donors (Lipinski definition) is 2. The van der Waals surface area contributed by atoms with Crippen LogP contribution in [0.5, 0.6) is 5.75 Å². The van der Waals surface area contributed by atoms with Crippen LogP contribution in [-0.2, 0) is 24.1 Å². The maximum absolute atomic E-state index is 13.0. The number of ether oxygens (including phenoxy) is 1. The lowest BCUT2D eigenvalue weighted by atomic mass is 10.0. The van der Waals surface area contributed by atoms with Crippen LogP contribution in [0.4, 0.5) is 0 Å². The average molecular weight is 513 g/mol. The molecule has 3 aromatic rings. The Hall–Kier alpha value is -1.67. The molecule has 0 unspecified atom stereocenters. The van der Waals surface area contributed by atoms with E-state index in [0.717, 1.165) is 32.0 Å². The summed E-state index contributed by atoms with van der Waals surface area (Å²) in [4.78, 5) is 15.2. The van der Waals surface area contributed by atoms with Crippen molar-refractivity contribution in [3.05, 3.63) is 56.6 Å². The van der Waals surface area contributed by atoms with E-state index < -0.39 is 0 Å². The van der Waals surface area contributed by atoms with E-state index in [1.54, 1.807) is 18.7 Å². The van der Waals surface area contributed by atoms with Crippen LogP contribution in [0.25, 0.3) is 10.9 Å². The van der Waals surface area contributed by atoms with E-state index in [1.807, 2.05) is 56.0 Å². The van der Waals surface area contributed by atoms with Crippen molar-refractivity contribution in [2.24, 2.45) is 7.05 Å². The van der Waals surface area contributed by atoms with Crippen molar-refractivity contribution < 1.29 is 19.5 Å². The second kappa shape index (κ2) is 9.64. The molecular formula is C22H25BrClN2O3S+. The third-order valence-corrected chi connectivity index (χ3v) is 6.72. The maximum atomic E-state index is 13.0. The minimum Gasteiger partial charge on any atom is -0.506 e. The third-order valence-electron chi connectivity index (χ3n) is 4.84. The number of carbonyl (C=O) groups is 1. The molecule has 3 rings (SSSR count). The molecule has 0 aliphatic carbocycles. The summed E-state index contributed by atoms with van der Waals surface area (Å²) in [7, 11) is 5.96. The number of benzene rings is 2. The molecule has 0 fully saturated rings. The first-order chi connectivity index (χ1) is 14.2. The van der Waals surface area contributed by atoms with Gasteiger partial charge in [0.2, 0.25) is 0 Å². The fraction of sp³-hybridized carbons (Fsp3) is 0.318. The predicted octanol–water partition coefficient (Wildman–Crippen LogP) is 4.41. The number of carbonyl (C=O) groups excluding carboxylic acids is 1. The molecule has 0 aliphatic heterocycles. The summed E-state index contributed by atoms with van der Waals surface area (Å²) in [6.45, 7) is 2.65. The first kappa shape index (κ1) is 23.0. The summed E-state index contributed by atoms with van der Waals surface area (Å²) >= 11 is 11.1. The maximum Gasteiger partial charge on any atom is 0.340 e. The number of aromatic nitrogens is 1. The van der Waals surface area contributed by atoms with Gasteiger partial charge in [-0.3, -0.25) is 0 Å². The molecule has 1 aromatic heterocycles. The zero-order chi connectivity index (χ0) is 22.0. The highest BCUT2D eigenvalue weighted by Crippen LogP contribution is 2.40. The van der Waals surface area contributed by atoms with Crippen LogP contribution >= 0.6 is 39.3 Å². The lowest BCUT2D eigenvalue weighted by molar-refractivity contribution is -0.872. The number of fused-ring (bicyclic) bond motifs is 1. The summed E-state index contributed by atoms with van der Waals surface area (Å²) in [5.74, 6) is 0.372. The van der Waals surface area contributed by atoms with E-state index in [0.29, 0.717) is 27.4 Å². The number of esters is 1. The molecule has 160 valence electrons. The Bertz CT molecular complexity index is 1080. The van der Waals surface area contributed by atoms with Crippen molar-refractivity contribution in [2.75, 3.05) is 20.7 Å². The number of halogens is 2. The Kier molecular flexibility index (Phi) is 7.39. The SMILES string of the molecule is CCOC(=O)c1c(CSc2ccc(Cl)cc2)n(C)c2cc(Br)c(O)c(C[NH+](C)C)c12. The Morgan fingerprint density at radius 3 is 2.57 bits per heavy atom. The lowest BCUT2D eigenvalue weighted by Crippen LogP contribution is -3.04. The molecule has 0 spiro atoms. The highest BCUT2D eigenvalue weighted by Gasteiger charge is 2.28. The highest BCUT2D eigenvalue weighted by molar-refractivity contribution is 9.10. The first-order valence-corrected chi connectivity index (χ1v) is 11.8. The van der Waals surface area contributed by atoms with Gasteiger partial charge in [0.1, 0.15) is 12.3 Å². The highest BCUT2D eigenvalue weighted by atomic mass is 79.9. The van der Waals surface area contributed by atoms with Crippen LogP contribution in [0, 0.1) is 0 Å². The fourth-order valence-electron chi connectivity index (χ4n) is 3.48. The van der Waals surface area contributed by atoms with Gasteiger partial charge in [-0.2, -0.15) is 0 Å². The van der Waals surface area contributed by atoms with Gasteiger partial charge < -0.3 is 19.3 Å².